The zero-order chi connectivity index (χ0) is 12.1. The van der Waals surface area contributed by atoms with Crippen LogP contribution in [0.2, 0.25) is 4.25 Å². The summed E-state index contributed by atoms with van der Waals surface area (Å²) in [5, 5.41) is 0. The van der Waals surface area contributed by atoms with E-state index in [0.717, 1.165) is 16.5 Å². The molecule has 0 aliphatic rings. The molecule has 0 aliphatic heterocycles. The summed E-state index contributed by atoms with van der Waals surface area (Å²) in [7, 11) is 13.1. The Morgan fingerprint density at radius 1 is 0.800 bits per heavy atom. The van der Waals surface area contributed by atoms with E-state index in [9.17, 15) is 0 Å². The number of hydrogen-bond donors (Lipinski definition) is 0. The van der Waals surface area contributed by atoms with Gasteiger partial charge in [0.1, 0.15) is 0 Å². The molecule has 0 aliphatic carbocycles. The van der Waals surface area contributed by atoms with Gasteiger partial charge in [-0.2, -0.15) is 0 Å². The molecule has 3 nitrogen and oxygen atoms in total. The van der Waals surface area contributed by atoms with E-state index in [-0.39, 0.29) is 0 Å². The Kier molecular flexibility index (Phi) is 7.08. The van der Waals surface area contributed by atoms with Crippen molar-refractivity contribution in [2.75, 3.05) is 61.9 Å². The molecule has 92 valence electrons. The quantitative estimate of drug-likeness (QED) is 0.585. The Balaban J connectivity index is 4.26. The van der Waals surface area contributed by atoms with Crippen LogP contribution < -0.4 is 0 Å². The van der Waals surface area contributed by atoms with Gasteiger partial charge < -0.3 is 0 Å². The Morgan fingerprint density at radius 2 is 1.20 bits per heavy atom. The van der Waals surface area contributed by atoms with E-state index in [0.29, 0.717) is 4.25 Å². The van der Waals surface area contributed by atoms with Crippen molar-refractivity contribution in [2.45, 2.75) is 10.7 Å². The summed E-state index contributed by atoms with van der Waals surface area (Å²) in [6, 6.07) is 0. The van der Waals surface area contributed by atoms with Crippen LogP contribution in [0.5, 0.6) is 0 Å². The van der Waals surface area contributed by atoms with Crippen LogP contribution in [-0.2, 0) is 0 Å². The summed E-state index contributed by atoms with van der Waals surface area (Å²) in [4.78, 5) is 6.97. The minimum absolute atomic E-state index is 0.574. The van der Waals surface area contributed by atoms with Crippen LogP contribution in [-0.4, -0.2) is 93.1 Å². The van der Waals surface area contributed by atoms with Crippen LogP contribution in [0.25, 0.3) is 0 Å². The zero-order valence-corrected chi connectivity index (χ0v) is 15.9. The molecule has 0 aromatic carbocycles. The average molecular weight is 276 g/mol. The topological polar surface area (TPSA) is 9.72 Å². The molecular weight excluding hydrogens is 247 g/mol. The van der Waals surface area contributed by atoms with E-state index in [1.807, 2.05) is 0 Å². The molecule has 0 heterocycles. The molecule has 0 atom stereocenters. The van der Waals surface area contributed by atoms with Crippen LogP contribution in [0.4, 0.5) is 0 Å². The second kappa shape index (κ2) is 6.89. The first kappa shape index (κ1) is 15.4. The van der Waals surface area contributed by atoms with E-state index >= 15 is 0 Å². The first-order valence-electron chi connectivity index (χ1n) is 5.69. The average Bonchev–Trinajstić information content (AvgIpc) is 1.97. The molecule has 0 saturated heterocycles. The summed E-state index contributed by atoms with van der Waals surface area (Å²) in [6.45, 7) is 3.68. The monoisotopic (exact) mass is 277 g/mol. The summed E-state index contributed by atoms with van der Waals surface area (Å²) < 4.78 is 0.574. The van der Waals surface area contributed by atoms with Gasteiger partial charge in [-0.25, -0.2) is 0 Å². The van der Waals surface area contributed by atoms with Crippen molar-refractivity contribution in [3.05, 3.63) is 0 Å². The Morgan fingerprint density at radius 3 is 1.47 bits per heavy atom. The number of rotatable bonds is 7. The van der Waals surface area contributed by atoms with Crippen molar-refractivity contribution in [2.24, 2.45) is 0 Å². The predicted octanol–water partition coefficient (Wildman–Crippen LogP) is -0.415. The fraction of sp³-hybridized carbons (Fsp3) is 1.00. The number of hydrogen-bond acceptors (Lipinski definition) is 3. The Labute approximate surface area is 104 Å². The van der Waals surface area contributed by atoms with Crippen molar-refractivity contribution >= 4 is 16.5 Å². The fourth-order valence-corrected chi connectivity index (χ4v) is 5.35. The van der Waals surface area contributed by atoms with Gasteiger partial charge in [-0.15, -0.1) is 0 Å². The molecule has 0 aromatic heterocycles. The van der Waals surface area contributed by atoms with Gasteiger partial charge in [-0.05, 0) is 0 Å². The molecule has 0 bridgehead atoms. The van der Waals surface area contributed by atoms with Gasteiger partial charge in [0.2, 0.25) is 0 Å². The van der Waals surface area contributed by atoms with E-state index in [1.165, 1.54) is 26.1 Å². The maximum atomic E-state index is 2.34. The summed E-state index contributed by atoms with van der Waals surface area (Å²) >= 11 is 0.866. The predicted molar refractivity (Wildman–Crippen MR) is 72.9 cm³/mol. The molecule has 0 amide bonds. The molecule has 0 unspecified atom stereocenters. The summed E-state index contributed by atoms with van der Waals surface area (Å²) in [5.41, 5.74) is 0. The van der Waals surface area contributed by atoms with Gasteiger partial charge in [0.05, 0.1) is 0 Å². The van der Waals surface area contributed by atoms with Gasteiger partial charge in [-0.3, -0.25) is 0 Å². The van der Waals surface area contributed by atoms with Crippen LogP contribution in [0.3, 0.4) is 0 Å². The molecule has 0 fully saturated rings. The Bertz CT molecular complexity index is 159. The van der Waals surface area contributed by atoms with Crippen LogP contribution in [0.1, 0.15) is 6.42 Å². The molecule has 15 heavy (non-hydrogen) atoms. The van der Waals surface area contributed by atoms with Crippen LogP contribution >= 0.6 is 0 Å². The molecule has 4 heteroatoms. The third-order valence-corrected chi connectivity index (χ3v) is 4.93. The molecule has 0 spiro atoms. The Hall–Kier alpha value is 0.423. The SMILES string of the molecule is CN(C)CC[C]([GeH3])(CN(C)C)CN(C)C. The van der Waals surface area contributed by atoms with Crippen LogP contribution in [0, 0.1) is 0 Å². The summed E-state index contributed by atoms with van der Waals surface area (Å²) in [5.74, 6) is 0. The third kappa shape index (κ3) is 8.25. The van der Waals surface area contributed by atoms with Crippen molar-refractivity contribution in [1.82, 2.24) is 14.7 Å². The van der Waals surface area contributed by atoms with E-state index in [1.54, 1.807) is 0 Å². The maximum absolute atomic E-state index is 2.34. The zero-order valence-electron chi connectivity index (χ0n) is 11.7. The molecule has 0 radical (unpaired) electrons. The van der Waals surface area contributed by atoms with Crippen molar-refractivity contribution in [3.8, 4) is 0 Å². The normalized spacial score (nSPS) is 13.4. The summed E-state index contributed by atoms with van der Waals surface area (Å²) in [6.07, 6.45) is 1.33. The second-order valence-electron chi connectivity index (χ2n) is 5.84. The molecule has 0 saturated carbocycles. The molecule has 0 aromatic rings. The van der Waals surface area contributed by atoms with Gasteiger partial charge in [0.15, 0.2) is 0 Å². The van der Waals surface area contributed by atoms with Gasteiger partial charge in [-0.1, -0.05) is 0 Å². The van der Waals surface area contributed by atoms with Crippen LogP contribution in [0.15, 0.2) is 0 Å². The van der Waals surface area contributed by atoms with Crippen molar-refractivity contribution in [3.63, 3.8) is 0 Å². The molecule has 0 rings (SSSR count). The third-order valence-electron chi connectivity index (χ3n) is 2.56. The van der Waals surface area contributed by atoms with E-state index in [4.69, 9.17) is 0 Å². The second-order valence-corrected chi connectivity index (χ2v) is 10.3. The van der Waals surface area contributed by atoms with Crippen molar-refractivity contribution in [1.29, 1.82) is 0 Å². The van der Waals surface area contributed by atoms with E-state index < -0.39 is 0 Å². The van der Waals surface area contributed by atoms with E-state index in [2.05, 4.69) is 57.0 Å². The number of nitrogens with zero attached hydrogens (tertiary/aromatic N) is 3. The fourth-order valence-electron chi connectivity index (χ4n) is 2.23. The standard InChI is InChI=1S/C11H29GeN3/c1-13(2)8-7-11(12,9-14(3)4)10-15(5)6/h7-10H2,1-6,12H3. The molecule has 0 N–H and O–H groups in total. The van der Waals surface area contributed by atoms with Gasteiger partial charge in [0.25, 0.3) is 0 Å². The minimum atomic E-state index is 0.574. The van der Waals surface area contributed by atoms with Gasteiger partial charge in [0, 0.05) is 0 Å². The van der Waals surface area contributed by atoms with Crippen molar-refractivity contribution < 1.29 is 0 Å². The first-order valence-corrected chi connectivity index (χ1v) is 7.79. The van der Waals surface area contributed by atoms with Gasteiger partial charge >= 0.3 is 104 Å². The first-order chi connectivity index (χ1) is 6.75. The molecular formula is C11H29GeN3.